The maximum atomic E-state index is 6.72. The second-order valence-electron chi connectivity index (χ2n) is 5.75. The number of aromatic nitrogens is 3. The van der Waals surface area contributed by atoms with Gasteiger partial charge in [0.2, 0.25) is 0 Å². The Bertz CT molecular complexity index is 672. The van der Waals surface area contributed by atoms with E-state index >= 15 is 0 Å². The van der Waals surface area contributed by atoms with Crippen LogP contribution < -0.4 is 11.5 Å². The van der Waals surface area contributed by atoms with Crippen LogP contribution in [0.5, 0.6) is 0 Å². The molecule has 0 amide bonds. The maximum Gasteiger partial charge on any atom is 0.137 e. The number of nitrogens with two attached hydrogens (primary N) is 2. The highest BCUT2D eigenvalue weighted by molar-refractivity contribution is 5.76. The molecule has 0 spiro atoms. The molecule has 2 aromatic rings. The predicted octanol–water partition coefficient (Wildman–Crippen LogP) is 2.09. The zero-order valence-corrected chi connectivity index (χ0v) is 12.5. The Morgan fingerprint density at radius 1 is 1.23 bits per heavy atom. The van der Waals surface area contributed by atoms with Crippen LogP contribution in [0.25, 0.3) is 5.57 Å². The molecule has 1 heterocycles. The highest BCUT2D eigenvalue weighted by atomic mass is 15.3. The SMILES string of the molecule is NC1=CCC(N)(CCCn2cncn2)C(c2ccccc2)=C1. The van der Waals surface area contributed by atoms with E-state index in [1.807, 2.05) is 35.0 Å². The van der Waals surface area contributed by atoms with Crippen LogP contribution in [0.1, 0.15) is 24.8 Å². The number of hydrogen-bond donors (Lipinski definition) is 2. The molecule has 1 aliphatic rings. The van der Waals surface area contributed by atoms with Crippen molar-refractivity contribution >= 4 is 5.57 Å². The standard InChI is InChI=1S/C17H21N5/c18-15-7-9-17(19,8-4-10-22-13-20-12-21-22)16(11-15)14-5-2-1-3-6-14/h1-3,5-7,11-13H,4,8-10,18-19H2. The van der Waals surface area contributed by atoms with Gasteiger partial charge in [-0.15, -0.1) is 0 Å². The van der Waals surface area contributed by atoms with Crippen molar-refractivity contribution < 1.29 is 0 Å². The summed E-state index contributed by atoms with van der Waals surface area (Å²) in [5.41, 5.74) is 15.4. The van der Waals surface area contributed by atoms with Gasteiger partial charge in [-0.1, -0.05) is 36.4 Å². The van der Waals surface area contributed by atoms with Gasteiger partial charge >= 0.3 is 0 Å². The molecule has 1 unspecified atom stereocenters. The molecular formula is C17H21N5. The van der Waals surface area contributed by atoms with Gasteiger partial charge in [0.05, 0.1) is 0 Å². The van der Waals surface area contributed by atoms with E-state index in [4.69, 9.17) is 11.5 Å². The predicted molar refractivity (Wildman–Crippen MR) is 87.5 cm³/mol. The molecule has 5 nitrogen and oxygen atoms in total. The van der Waals surface area contributed by atoms with Crippen molar-refractivity contribution in [1.82, 2.24) is 14.8 Å². The Kier molecular flexibility index (Phi) is 4.06. The molecule has 0 radical (unpaired) electrons. The molecule has 4 N–H and O–H groups in total. The van der Waals surface area contributed by atoms with Gasteiger partial charge in [0.15, 0.2) is 0 Å². The Hall–Kier alpha value is -2.40. The van der Waals surface area contributed by atoms with Crippen LogP contribution in [-0.2, 0) is 6.54 Å². The minimum absolute atomic E-state index is 0.384. The van der Waals surface area contributed by atoms with Crippen LogP contribution in [0.3, 0.4) is 0 Å². The quantitative estimate of drug-likeness (QED) is 0.884. The normalized spacial score (nSPS) is 21.3. The summed E-state index contributed by atoms with van der Waals surface area (Å²) >= 11 is 0. The molecule has 114 valence electrons. The minimum Gasteiger partial charge on any atom is -0.399 e. The fourth-order valence-electron chi connectivity index (χ4n) is 2.91. The van der Waals surface area contributed by atoms with Crippen LogP contribution >= 0.6 is 0 Å². The third-order valence-corrected chi connectivity index (χ3v) is 4.11. The Morgan fingerprint density at radius 3 is 2.77 bits per heavy atom. The maximum absolute atomic E-state index is 6.72. The summed E-state index contributed by atoms with van der Waals surface area (Å²) in [6, 6.07) is 10.2. The summed E-state index contributed by atoms with van der Waals surface area (Å²) in [4.78, 5) is 3.96. The highest BCUT2D eigenvalue weighted by Gasteiger charge is 2.31. The van der Waals surface area contributed by atoms with Gasteiger partial charge in [-0.05, 0) is 36.5 Å². The molecule has 0 saturated carbocycles. The van der Waals surface area contributed by atoms with E-state index in [9.17, 15) is 0 Å². The molecule has 1 atom stereocenters. The summed E-state index contributed by atoms with van der Waals surface area (Å²) in [6.07, 6.45) is 9.88. The molecule has 1 aliphatic carbocycles. The Balaban J connectivity index is 1.76. The van der Waals surface area contributed by atoms with Crippen LogP contribution in [0.2, 0.25) is 0 Å². The van der Waals surface area contributed by atoms with Crippen molar-refractivity contribution in [1.29, 1.82) is 0 Å². The first-order valence-corrected chi connectivity index (χ1v) is 7.52. The van der Waals surface area contributed by atoms with Gasteiger partial charge in [0, 0.05) is 17.8 Å². The zero-order valence-electron chi connectivity index (χ0n) is 12.5. The van der Waals surface area contributed by atoms with Gasteiger partial charge in [-0.25, -0.2) is 4.98 Å². The lowest BCUT2D eigenvalue weighted by molar-refractivity contribution is 0.447. The van der Waals surface area contributed by atoms with Gasteiger partial charge in [0.1, 0.15) is 12.7 Å². The molecule has 0 bridgehead atoms. The van der Waals surface area contributed by atoms with Gasteiger partial charge in [0.25, 0.3) is 0 Å². The van der Waals surface area contributed by atoms with E-state index in [1.165, 1.54) is 0 Å². The smallest absolute Gasteiger partial charge is 0.137 e. The van der Waals surface area contributed by atoms with Crippen molar-refractivity contribution in [3.05, 3.63) is 66.4 Å². The molecule has 1 aromatic carbocycles. The monoisotopic (exact) mass is 295 g/mol. The highest BCUT2D eigenvalue weighted by Crippen LogP contribution is 2.36. The van der Waals surface area contributed by atoms with E-state index in [1.54, 1.807) is 12.7 Å². The number of rotatable bonds is 5. The van der Waals surface area contributed by atoms with Crippen LogP contribution in [0.15, 0.2) is 60.8 Å². The summed E-state index contributed by atoms with van der Waals surface area (Å²) in [6.45, 7) is 0.820. The summed E-state index contributed by atoms with van der Waals surface area (Å²) in [7, 11) is 0. The van der Waals surface area contributed by atoms with E-state index in [2.05, 4.69) is 22.2 Å². The molecule has 3 rings (SSSR count). The van der Waals surface area contributed by atoms with Crippen molar-refractivity contribution in [2.24, 2.45) is 11.5 Å². The molecule has 0 saturated heterocycles. The lowest BCUT2D eigenvalue weighted by Gasteiger charge is -2.34. The summed E-state index contributed by atoms with van der Waals surface area (Å²) < 4.78 is 1.84. The summed E-state index contributed by atoms with van der Waals surface area (Å²) in [5.74, 6) is 0. The number of hydrogen-bond acceptors (Lipinski definition) is 4. The van der Waals surface area contributed by atoms with Crippen molar-refractivity contribution in [3.8, 4) is 0 Å². The Labute approximate surface area is 130 Å². The van der Waals surface area contributed by atoms with E-state index < -0.39 is 0 Å². The average Bonchev–Trinajstić information content (AvgIpc) is 3.04. The van der Waals surface area contributed by atoms with Crippen molar-refractivity contribution in [2.75, 3.05) is 0 Å². The second kappa shape index (κ2) is 6.15. The largest absolute Gasteiger partial charge is 0.399 e. The topological polar surface area (TPSA) is 82.8 Å². The second-order valence-corrected chi connectivity index (χ2v) is 5.75. The van der Waals surface area contributed by atoms with Gasteiger partial charge in [-0.3, -0.25) is 4.68 Å². The molecule has 1 aromatic heterocycles. The molecule has 0 fully saturated rings. The average molecular weight is 295 g/mol. The third kappa shape index (κ3) is 3.09. The fraction of sp³-hybridized carbons (Fsp3) is 0.294. The Morgan fingerprint density at radius 2 is 2.05 bits per heavy atom. The first-order valence-electron chi connectivity index (χ1n) is 7.52. The first-order chi connectivity index (χ1) is 10.7. The molecule has 22 heavy (non-hydrogen) atoms. The number of nitrogens with zero attached hydrogens (tertiary/aromatic N) is 3. The van der Waals surface area contributed by atoms with Gasteiger partial charge in [-0.2, -0.15) is 5.10 Å². The third-order valence-electron chi connectivity index (χ3n) is 4.11. The first kappa shape index (κ1) is 14.5. The van der Waals surface area contributed by atoms with Crippen LogP contribution in [0, 0.1) is 0 Å². The number of aryl methyl sites for hydroxylation is 1. The molecule has 5 heteroatoms. The summed E-state index contributed by atoms with van der Waals surface area (Å²) in [5, 5.41) is 4.13. The van der Waals surface area contributed by atoms with E-state index in [0.29, 0.717) is 0 Å². The molecular weight excluding hydrogens is 274 g/mol. The lowest BCUT2D eigenvalue weighted by Crippen LogP contribution is -2.42. The minimum atomic E-state index is -0.384. The van der Waals surface area contributed by atoms with Crippen molar-refractivity contribution in [2.45, 2.75) is 31.3 Å². The van der Waals surface area contributed by atoms with Gasteiger partial charge < -0.3 is 11.5 Å². The molecule has 0 aliphatic heterocycles. The van der Waals surface area contributed by atoms with Crippen molar-refractivity contribution in [3.63, 3.8) is 0 Å². The fourth-order valence-corrected chi connectivity index (χ4v) is 2.91. The van der Waals surface area contributed by atoms with E-state index in [-0.39, 0.29) is 5.54 Å². The van der Waals surface area contributed by atoms with Crippen LogP contribution in [-0.4, -0.2) is 20.3 Å². The zero-order chi connectivity index (χ0) is 15.4. The number of allylic oxidation sites excluding steroid dienone is 1. The lowest BCUT2D eigenvalue weighted by atomic mass is 9.76. The van der Waals surface area contributed by atoms with E-state index in [0.717, 1.165) is 42.6 Å². The number of benzene rings is 1. The van der Waals surface area contributed by atoms with Crippen LogP contribution in [0.4, 0.5) is 0 Å².